The Morgan fingerprint density at radius 2 is 2.00 bits per heavy atom. The second kappa shape index (κ2) is 3.82. The molecule has 1 aliphatic carbocycles. The minimum Gasteiger partial charge on any atom is -0.313 e. The summed E-state index contributed by atoms with van der Waals surface area (Å²) in [6, 6.07) is 6.97. The zero-order chi connectivity index (χ0) is 10.1. The van der Waals surface area contributed by atoms with Crippen molar-refractivity contribution in [2.45, 2.75) is 25.7 Å². The summed E-state index contributed by atoms with van der Waals surface area (Å²) in [7, 11) is 0. The smallest absolute Gasteiger partial charge is 0.0168 e. The summed E-state index contributed by atoms with van der Waals surface area (Å²) in [5.41, 5.74) is 6.10. The highest BCUT2D eigenvalue weighted by atomic mass is 14.9. The molecular weight excluding hydrogens is 182 g/mol. The monoisotopic (exact) mass is 199 g/mol. The Labute approximate surface area is 91.2 Å². The lowest BCUT2D eigenvalue weighted by Gasteiger charge is -2.02. The lowest BCUT2D eigenvalue weighted by atomic mass is 10.0. The van der Waals surface area contributed by atoms with E-state index in [1.807, 2.05) is 0 Å². The third-order valence-corrected chi connectivity index (χ3v) is 3.47. The first-order valence-electron chi connectivity index (χ1n) is 5.94. The lowest BCUT2D eigenvalue weighted by Crippen LogP contribution is -2.04. The molecule has 0 saturated carbocycles. The van der Waals surface area contributed by atoms with Gasteiger partial charge in [0.1, 0.15) is 0 Å². The summed E-state index contributed by atoms with van der Waals surface area (Å²) >= 11 is 0. The molecule has 0 spiro atoms. The van der Waals surface area contributed by atoms with E-state index < -0.39 is 0 Å². The molecule has 1 aromatic rings. The highest BCUT2D eigenvalue weighted by Crippen LogP contribution is 2.24. The highest BCUT2D eigenvalue weighted by molar-refractivity contribution is 5.56. The molecule has 0 bridgehead atoms. The number of nitrogens with one attached hydrogen (secondary N) is 1. The van der Waals surface area contributed by atoms with Crippen LogP contribution < -0.4 is 5.32 Å². The summed E-state index contributed by atoms with van der Waals surface area (Å²) < 4.78 is 0. The van der Waals surface area contributed by atoms with E-state index >= 15 is 0 Å². The molecule has 0 aromatic heterocycles. The molecule has 0 atom stereocenters. The van der Waals surface area contributed by atoms with Crippen molar-refractivity contribution in [2.75, 3.05) is 13.1 Å². The molecule has 1 aromatic carbocycles. The normalized spacial score (nSPS) is 22.3. The molecule has 3 rings (SSSR count). The lowest BCUT2D eigenvalue weighted by molar-refractivity contribution is 0.862. The molecule has 78 valence electrons. The van der Waals surface area contributed by atoms with Crippen LogP contribution >= 0.6 is 0 Å². The van der Waals surface area contributed by atoms with Crippen molar-refractivity contribution in [3.05, 3.63) is 40.5 Å². The van der Waals surface area contributed by atoms with E-state index in [1.54, 1.807) is 16.7 Å². The van der Waals surface area contributed by atoms with Crippen molar-refractivity contribution >= 4 is 6.08 Å². The van der Waals surface area contributed by atoms with Crippen molar-refractivity contribution < 1.29 is 0 Å². The predicted molar refractivity (Wildman–Crippen MR) is 63.9 cm³/mol. The van der Waals surface area contributed by atoms with E-state index in [4.69, 9.17) is 0 Å². The SMILES string of the molecule is C(=C1CCNC1)c1ccc2c(c1)CCC2. The fraction of sp³-hybridized carbons (Fsp3) is 0.429. The van der Waals surface area contributed by atoms with Crippen molar-refractivity contribution in [1.29, 1.82) is 0 Å². The average molecular weight is 199 g/mol. The summed E-state index contributed by atoms with van der Waals surface area (Å²) in [5, 5.41) is 3.38. The Morgan fingerprint density at radius 1 is 1.07 bits per heavy atom. The van der Waals surface area contributed by atoms with Crippen molar-refractivity contribution in [3.8, 4) is 0 Å². The van der Waals surface area contributed by atoms with E-state index in [9.17, 15) is 0 Å². The van der Waals surface area contributed by atoms with Gasteiger partial charge in [0.05, 0.1) is 0 Å². The zero-order valence-electron chi connectivity index (χ0n) is 9.05. The number of hydrogen-bond acceptors (Lipinski definition) is 1. The van der Waals surface area contributed by atoms with Crippen LogP contribution in [-0.4, -0.2) is 13.1 Å². The molecule has 0 amide bonds. The van der Waals surface area contributed by atoms with Crippen LogP contribution in [0.5, 0.6) is 0 Å². The molecule has 0 radical (unpaired) electrons. The summed E-state index contributed by atoms with van der Waals surface area (Å²) in [4.78, 5) is 0. The van der Waals surface area contributed by atoms with Gasteiger partial charge in [0.25, 0.3) is 0 Å². The molecule has 0 unspecified atom stereocenters. The molecule has 1 saturated heterocycles. The number of rotatable bonds is 1. The van der Waals surface area contributed by atoms with E-state index in [0.717, 1.165) is 13.1 Å². The molecule has 1 heterocycles. The maximum absolute atomic E-state index is 3.38. The second-order valence-electron chi connectivity index (χ2n) is 4.61. The summed E-state index contributed by atoms with van der Waals surface area (Å²) in [6.07, 6.45) is 7.49. The summed E-state index contributed by atoms with van der Waals surface area (Å²) in [6.45, 7) is 2.23. The molecule has 1 fully saturated rings. The predicted octanol–water partition coefficient (Wildman–Crippen LogP) is 2.55. The van der Waals surface area contributed by atoms with Gasteiger partial charge in [-0.05, 0) is 48.9 Å². The minimum atomic E-state index is 1.08. The standard InChI is InChI=1S/C14H17N/c1-2-13-5-4-11(9-14(13)3-1)8-12-6-7-15-10-12/h4-5,8-9,15H,1-3,6-7,10H2. The Kier molecular flexibility index (Phi) is 2.34. The second-order valence-corrected chi connectivity index (χ2v) is 4.61. The molecule has 1 heteroatoms. The Morgan fingerprint density at radius 3 is 2.87 bits per heavy atom. The Hall–Kier alpha value is -1.08. The van der Waals surface area contributed by atoms with Crippen LogP contribution in [0.1, 0.15) is 29.5 Å². The fourth-order valence-corrected chi connectivity index (χ4v) is 2.63. The van der Waals surface area contributed by atoms with Gasteiger partial charge >= 0.3 is 0 Å². The molecule has 2 aliphatic rings. The first kappa shape index (κ1) is 9.17. The van der Waals surface area contributed by atoms with Gasteiger partial charge in [0.2, 0.25) is 0 Å². The van der Waals surface area contributed by atoms with Gasteiger partial charge in [-0.1, -0.05) is 29.8 Å². The quantitative estimate of drug-likeness (QED) is 0.733. The maximum atomic E-state index is 3.38. The van der Waals surface area contributed by atoms with Crippen LogP contribution in [0, 0.1) is 0 Å². The Bertz CT molecular complexity index is 396. The third-order valence-electron chi connectivity index (χ3n) is 3.47. The number of hydrogen-bond donors (Lipinski definition) is 1. The van der Waals surface area contributed by atoms with Crippen LogP contribution in [0.25, 0.3) is 6.08 Å². The number of aryl methyl sites for hydroxylation is 2. The van der Waals surface area contributed by atoms with Gasteiger partial charge in [-0.3, -0.25) is 0 Å². The molecule has 1 aliphatic heterocycles. The van der Waals surface area contributed by atoms with Crippen LogP contribution in [0.15, 0.2) is 23.8 Å². The molecule has 1 N–H and O–H groups in total. The van der Waals surface area contributed by atoms with Gasteiger partial charge in [0.15, 0.2) is 0 Å². The minimum absolute atomic E-state index is 1.08. The van der Waals surface area contributed by atoms with Crippen LogP contribution in [0.2, 0.25) is 0 Å². The average Bonchev–Trinajstić information content (AvgIpc) is 2.87. The van der Waals surface area contributed by atoms with Crippen LogP contribution in [0.4, 0.5) is 0 Å². The number of benzene rings is 1. The van der Waals surface area contributed by atoms with Crippen LogP contribution in [0.3, 0.4) is 0 Å². The topological polar surface area (TPSA) is 12.0 Å². The largest absolute Gasteiger partial charge is 0.313 e. The summed E-state index contributed by atoms with van der Waals surface area (Å²) in [5.74, 6) is 0. The van der Waals surface area contributed by atoms with Gasteiger partial charge in [0, 0.05) is 6.54 Å². The Balaban J connectivity index is 1.89. The molecule has 15 heavy (non-hydrogen) atoms. The van der Waals surface area contributed by atoms with E-state index in [1.165, 1.54) is 31.2 Å². The van der Waals surface area contributed by atoms with Crippen LogP contribution in [-0.2, 0) is 12.8 Å². The zero-order valence-corrected chi connectivity index (χ0v) is 9.05. The highest BCUT2D eigenvalue weighted by Gasteiger charge is 2.11. The van der Waals surface area contributed by atoms with Gasteiger partial charge in [-0.2, -0.15) is 0 Å². The number of fused-ring (bicyclic) bond motifs is 1. The maximum Gasteiger partial charge on any atom is 0.0168 e. The van der Waals surface area contributed by atoms with E-state index in [-0.39, 0.29) is 0 Å². The third kappa shape index (κ3) is 1.84. The first-order valence-corrected chi connectivity index (χ1v) is 5.94. The van der Waals surface area contributed by atoms with E-state index in [0.29, 0.717) is 0 Å². The fourth-order valence-electron chi connectivity index (χ4n) is 2.63. The van der Waals surface area contributed by atoms with Gasteiger partial charge in [-0.15, -0.1) is 0 Å². The molecule has 1 nitrogen and oxygen atoms in total. The van der Waals surface area contributed by atoms with Crippen molar-refractivity contribution in [3.63, 3.8) is 0 Å². The van der Waals surface area contributed by atoms with Gasteiger partial charge in [-0.25, -0.2) is 0 Å². The van der Waals surface area contributed by atoms with Crippen molar-refractivity contribution in [2.24, 2.45) is 0 Å². The first-order chi connectivity index (χ1) is 7.42. The molecular formula is C14H17N. The van der Waals surface area contributed by atoms with Crippen molar-refractivity contribution in [1.82, 2.24) is 5.32 Å². The van der Waals surface area contributed by atoms with E-state index in [2.05, 4.69) is 29.6 Å². The van der Waals surface area contributed by atoms with Gasteiger partial charge < -0.3 is 5.32 Å².